The molecule has 26 heavy (non-hydrogen) atoms. The van der Waals surface area contributed by atoms with Crippen molar-refractivity contribution >= 4 is 34.8 Å². The van der Waals surface area contributed by atoms with E-state index >= 15 is 0 Å². The van der Waals surface area contributed by atoms with Crippen LogP contribution in [-0.2, 0) is 16.0 Å². The van der Waals surface area contributed by atoms with Gasteiger partial charge in [-0.1, -0.05) is 11.6 Å². The third kappa shape index (κ3) is 4.08. The van der Waals surface area contributed by atoms with Crippen LogP contribution in [0.2, 0.25) is 5.02 Å². The van der Waals surface area contributed by atoms with Crippen LogP contribution in [-0.4, -0.2) is 25.5 Å². The second-order valence-electron chi connectivity index (χ2n) is 6.01. The predicted molar refractivity (Wildman–Crippen MR) is 100 cm³/mol. The number of methoxy groups -OCH3 is 1. The van der Waals surface area contributed by atoms with Crippen LogP contribution in [0.4, 0.5) is 11.4 Å². The Kier molecular flexibility index (Phi) is 5.32. The molecule has 0 radical (unpaired) electrons. The molecule has 0 unspecified atom stereocenters. The van der Waals surface area contributed by atoms with Gasteiger partial charge in [0.05, 0.1) is 12.8 Å². The number of benzene rings is 2. The number of aryl methyl sites for hydroxylation is 2. The minimum Gasteiger partial charge on any atom is -0.495 e. The number of amides is 2. The number of hydrogen-bond donors (Lipinski definition) is 2. The summed E-state index contributed by atoms with van der Waals surface area (Å²) in [6, 6.07) is 8.76. The maximum atomic E-state index is 12.2. The van der Waals surface area contributed by atoms with Crippen LogP contribution < -0.4 is 20.1 Å². The molecular formula is C19H19ClN2O4. The molecule has 7 heteroatoms. The monoisotopic (exact) mass is 374 g/mol. The van der Waals surface area contributed by atoms with Gasteiger partial charge in [0, 0.05) is 23.2 Å². The lowest BCUT2D eigenvalue weighted by atomic mass is 10.0. The van der Waals surface area contributed by atoms with E-state index < -0.39 is 0 Å². The first-order valence-electron chi connectivity index (χ1n) is 8.16. The minimum atomic E-state index is -0.309. The van der Waals surface area contributed by atoms with Crippen molar-refractivity contribution in [3.8, 4) is 11.5 Å². The van der Waals surface area contributed by atoms with Gasteiger partial charge in [-0.05, 0) is 48.7 Å². The summed E-state index contributed by atoms with van der Waals surface area (Å²) >= 11 is 6.07. The SMILES string of the molecule is COc1cc(Cl)c(C)cc1NC(=O)COc1ccc2c(c1)CCC(=O)N2. The van der Waals surface area contributed by atoms with Crippen LogP contribution in [0.5, 0.6) is 11.5 Å². The Morgan fingerprint density at radius 1 is 1.27 bits per heavy atom. The molecule has 136 valence electrons. The van der Waals surface area contributed by atoms with E-state index in [2.05, 4.69) is 10.6 Å². The quantitative estimate of drug-likeness (QED) is 0.839. The van der Waals surface area contributed by atoms with E-state index in [1.54, 1.807) is 24.3 Å². The molecule has 2 aromatic rings. The molecule has 0 aliphatic carbocycles. The molecule has 0 saturated carbocycles. The molecular weight excluding hydrogens is 356 g/mol. The number of ether oxygens (including phenoxy) is 2. The third-order valence-electron chi connectivity index (χ3n) is 4.10. The summed E-state index contributed by atoms with van der Waals surface area (Å²) in [6.07, 6.45) is 1.11. The van der Waals surface area contributed by atoms with Gasteiger partial charge >= 0.3 is 0 Å². The number of fused-ring (bicyclic) bond motifs is 1. The Bertz CT molecular complexity index is 867. The van der Waals surface area contributed by atoms with Crippen LogP contribution in [0, 0.1) is 6.92 Å². The molecule has 2 aromatic carbocycles. The van der Waals surface area contributed by atoms with E-state index in [4.69, 9.17) is 21.1 Å². The van der Waals surface area contributed by atoms with Crippen molar-refractivity contribution in [1.29, 1.82) is 0 Å². The second kappa shape index (κ2) is 7.66. The van der Waals surface area contributed by atoms with E-state index in [9.17, 15) is 9.59 Å². The molecule has 0 saturated heterocycles. The van der Waals surface area contributed by atoms with E-state index in [-0.39, 0.29) is 18.4 Å². The molecule has 3 rings (SSSR count). The van der Waals surface area contributed by atoms with E-state index in [1.165, 1.54) is 7.11 Å². The molecule has 1 aliphatic heterocycles. The number of nitrogens with one attached hydrogen (secondary N) is 2. The number of anilines is 2. The highest BCUT2D eigenvalue weighted by Gasteiger charge is 2.16. The fourth-order valence-corrected chi connectivity index (χ4v) is 2.87. The zero-order valence-electron chi connectivity index (χ0n) is 14.5. The van der Waals surface area contributed by atoms with Crippen LogP contribution in [0.1, 0.15) is 17.5 Å². The van der Waals surface area contributed by atoms with Gasteiger partial charge in [0.25, 0.3) is 5.91 Å². The van der Waals surface area contributed by atoms with Crippen molar-refractivity contribution in [2.75, 3.05) is 24.4 Å². The fraction of sp³-hybridized carbons (Fsp3) is 0.263. The number of carbonyl (C=O) groups is 2. The highest BCUT2D eigenvalue weighted by molar-refractivity contribution is 6.31. The summed E-state index contributed by atoms with van der Waals surface area (Å²) in [5.74, 6) is 0.765. The maximum Gasteiger partial charge on any atom is 0.262 e. The Balaban J connectivity index is 1.63. The van der Waals surface area contributed by atoms with Gasteiger partial charge in [-0.3, -0.25) is 9.59 Å². The van der Waals surface area contributed by atoms with Crippen molar-refractivity contribution in [3.05, 3.63) is 46.5 Å². The first kappa shape index (κ1) is 18.1. The Labute approximate surface area is 156 Å². The third-order valence-corrected chi connectivity index (χ3v) is 4.50. The molecule has 0 bridgehead atoms. The topological polar surface area (TPSA) is 76.7 Å². The molecule has 0 spiro atoms. The van der Waals surface area contributed by atoms with Gasteiger partial charge in [-0.25, -0.2) is 0 Å². The lowest BCUT2D eigenvalue weighted by molar-refractivity contribution is -0.118. The summed E-state index contributed by atoms with van der Waals surface area (Å²) in [5, 5.41) is 6.14. The first-order chi connectivity index (χ1) is 12.5. The Morgan fingerprint density at radius 3 is 2.85 bits per heavy atom. The Hall–Kier alpha value is -2.73. The van der Waals surface area contributed by atoms with Crippen molar-refractivity contribution in [3.63, 3.8) is 0 Å². The molecule has 2 amide bonds. The van der Waals surface area contributed by atoms with Crippen molar-refractivity contribution in [2.45, 2.75) is 19.8 Å². The summed E-state index contributed by atoms with van der Waals surface area (Å²) in [6.45, 7) is 1.70. The number of rotatable bonds is 5. The fourth-order valence-electron chi connectivity index (χ4n) is 2.71. The molecule has 6 nitrogen and oxygen atoms in total. The lowest BCUT2D eigenvalue weighted by Gasteiger charge is -2.17. The number of hydrogen-bond acceptors (Lipinski definition) is 4. The number of carbonyl (C=O) groups excluding carboxylic acids is 2. The Morgan fingerprint density at radius 2 is 2.08 bits per heavy atom. The average molecular weight is 375 g/mol. The predicted octanol–water partition coefficient (Wildman–Crippen LogP) is 3.56. The standard InChI is InChI=1S/C19H19ClN2O4/c1-11-7-16(17(25-2)9-14(11)20)22-19(24)10-26-13-4-5-15-12(8-13)3-6-18(23)21-15/h4-5,7-9H,3,6,10H2,1-2H3,(H,21,23)(H,22,24). The second-order valence-corrected chi connectivity index (χ2v) is 6.41. The summed E-state index contributed by atoms with van der Waals surface area (Å²) in [4.78, 5) is 23.6. The van der Waals surface area contributed by atoms with Crippen molar-refractivity contribution < 1.29 is 19.1 Å². The van der Waals surface area contributed by atoms with Crippen LogP contribution in [0.15, 0.2) is 30.3 Å². The molecule has 1 heterocycles. The summed E-state index contributed by atoms with van der Waals surface area (Å²) < 4.78 is 10.8. The van der Waals surface area contributed by atoms with Gasteiger partial charge in [0.2, 0.25) is 5.91 Å². The smallest absolute Gasteiger partial charge is 0.262 e. The van der Waals surface area contributed by atoms with Gasteiger partial charge in [-0.2, -0.15) is 0 Å². The van der Waals surface area contributed by atoms with Gasteiger partial charge in [0.15, 0.2) is 6.61 Å². The van der Waals surface area contributed by atoms with Gasteiger partial charge in [0.1, 0.15) is 11.5 Å². The first-order valence-corrected chi connectivity index (χ1v) is 8.53. The van der Waals surface area contributed by atoms with Crippen LogP contribution in [0.25, 0.3) is 0 Å². The van der Waals surface area contributed by atoms with E-state index in [0.717, 1.165) is 16.8 Å². The highest BCUT2D eigenvalue weighted by atomic mass is 35.5. The zero-order valence-corrected chi connectivity index (χ0v) is 15.3. The van der Waals surface area contributed by atoms with Gasteiger partial charge in [-0.15, -0.1) is 0 Å². The van der Waals surface area contributed by atoms with Crippen LogP contribution >= 0.6 is 11.6 Å². The van der Waals surface area contributed by atoms with E-state index in [1.807, 2.05) is 13.0 Å². The van der Waals surface area contributed by atoms with Crippen molar-refractivity contribution in [1.82, 2.24) is 0 Å². The molecule has 1 aliphatic rings. The molecule has 0 aromatic heterocycles. The normalized spacial score (nSPS) is 12.8. The highest BCUT2D eigenvalue weighted by Crippen LogP contribution is 2.31. The van der Waals surface area contributed by atoms with Crippen LogP contribution in [0.3, 0.4) is 0 Å². The maximum absolute atomic E-state index is 12.2. The summed E-state index contributed by atoms with van der Waals surface area (Å²) in [7, 11) is 1.51. The average Bonchev–Trinajstić information content (AvgIpc) is 2.62. The van der Waals surface area contributed by atoms with Crippen molar-refractivity contribution in [2.24, 2.45) is 0 Å². The largest absolute Gasteiger partial charge is 0.495 e. The lowest BCUT2D eigenvalue weighted by Crippen LogP contribution is -2.21. The molecule has 2 N–H and O–H groups in total. The molecule has 0 fully saturated rings. The minimum absolute atomic E-state index is 0.0118. The number of halogens is 1. The zero-order chi connectivity index (χ0) is 18.7. The van der Waals surface area contributed by atoms with Gasteiger partial charge < -0.3 is 20.1 Å². The summed E-state index contributed by atoms with van der Waals surface area (Å²) in [5.41, 5.74) is 3.16. The molecule has 0 atom stereocenters. The van der Waals surface area contributed by atoms with E-state index in [0.29, 0.717) is 35.1 Å².